The first-order valence-electron chi connectivity index (χ1n) is 4.42. The third-order valence-corrected chi connectivity index (χ3v) is 2.94. The molecule has 78 valence electrons. The molecule has 0 heterocycles. The van der Waals surface area contributed by atoms with Crippen LogP contribution in [-0.2, 0) is 11.2 Å². The van der Waals surface area contributed by atoms with Crippen molar-refractivity contribution in [3.8, 4) is 5.75 Å². The van der Waals surface area contributed by atoms with Gasteiger partial charge in [0.2, 0.25) is 0 Å². The number of hydrogen-bond acceptors (Lipinski definition) is 3. The van der Waals surface area contributed by atoms with Crippen LogP contribution in [0.2, 0.25) is 0 Å². The second-order valence-corrected chi connectivity index (χ2v) is 4.17. The number of ether oxygens (including phenoxy) is 1. The molecule has 0 fully saturated rings. The van der Waals surface area contributed by atoms with Gasteiger partial charge in [-0.15, -0.1) is 0 Å². The van der Waals surface area contributed by atoms with Gasteiger partial charge in [0.15, 0.2) is 5.78 Å². The molecule has 1 aliphatic carbocycles. The molecule has 0 saturated heterocycles. The molecule has 0 radical (unpaired) electrons. The lowest BCUT2D eigenvalue weighted by molar-refractivity contribution is -0.114. The second kappa shape index (κ2) is 3.70. The summed E-state index contributed by atoms with van der Waals surface area (Å²) in [5, 5.41) is 9.60. The van der Waals surface area contributed by atoms with Crippen molar-refractivity contribution in [3.05, 3.63) is 33.8 Å². The predicted octanol–water partition coefficient (Wildman–Crippen LogP) is 2.48. The summed E-state index contributed by atoms with van der Waals surface area (Å²) in [6.07, 6.45) is 1.56. The maximum absolute atomic E-state index is 11.2. The Morgan fingerprint density at radius 3 is 2.87 bits per heavy atom. The fourth-order valence-electron chi connectivity index (χ4n) is 1.61. The van der Waals surface area contributed by atoms with Gasteiger partial charge in [-0.2, -0.15) is 0 Å². The Labute approximate surface area is 95.5 Å². The van der Waals surface area contributed by atoms with Gasteiger partial charge in [-0.1, -0.05) is 0 Å². The number of carbonyl (C=O) groups is 1. The summed E-state index contributed by atoms with van der Waals surface area (Å²) < 4.78 is 5.88. The maximum Gasteiger partial charge on any atom is 0.163 e. The number of rotatable bonds is 1. The molecule has 2 rings (SSSR count). The molecular formula is C11H9BrO3. The first-order valence-corrected chi connectivity index (χ1v) is 5.21. The highest BCUT2D eigenvalue weighted by Crippen LogP contribution is 2.33. The summed E-state index contributed by atoms with van der Waals surface area (Å²) >= 11 is 3.33. The number of hydrogen-bond donors (Lipinski definition) is 1. The van der Waals surface area contributed by atoms with Gasteiger partial charge in [-0.3, -0.25) is 4.79 Å². The topological polar surface area (TPSA) is 46.5 Å². The van der Waals surface area contributed by atoms with E-state index in [2.05, 4.69) is 15.9 Å². The molecule has 15 heavy (non-hydrogen) atoms. The standard InChI is InChI=1S/C11H9BrO3/c1-15-11-3-6-2-7(13)4-10(14)8(6)5-9(11)12/h3-5,14H,2H2,1H3. The summed E-state index contributed by atoms with van der Waals surface area (Å²) in [4.78, 5) is 11.2. The van der Waals surface area contributed by atoms with E-state index in [1.54, 1.807) is 19.2 Å². The molecule has 0 saturated carbocycles. The van der Waals surface area contributed by atoms with E-state index in [1.165, 1.54) is 6.08 Å². The van der Waals surface area contributed by atoms with Crippen molar-refractivity contribution in [2.24, 2.45) is 0 Å². The summed E-state index contributed by atoms with van der Waals surface area (Å²) in [5.74, 6) is 0.588. The molecule has 0 spiro atoms. The Morgan fingerprint density at radius 1 is 1.47 bits per heavy atom. The highest BCUT2D eigenvalue weighted by atomic mass is 79.9. The second-order valence-electron chi connectivity index (χ2n) is 3.32. The minimum Gasteiger partial charge on any atom is -0.507 e. The lowest BCUT2D eigenvalue weighted by Gasteiger charge is -2.15. The Morgan fingerprint density at radius 2 is 2.20 bits per heavy atom. The molecule has 0 bridgehead atoms. The van der Waals surface area contributed by atoms with Crippen LogP contribution >= 0.6 is 15.9 Å². The molecule has 0 amide bonds. The fourth-order valence-corrected chi connectivity index (χ4v) is 2.11. The van der Waals surface area contributed by atoms with Crippen molar-refractivity contribution in [2.45, 2.75) is 6.42 Å². The van der Waals surface area contributed by atoms with Gasteiger partial charge in [-0.25, -0.2) is 0 Å². The minimum atomic E-state index is -0.0932. The molecule has 4 heteroatoms. The average Bonchev–Trinajstić information content (AvgIpc) is 2.18. The molecule has 0 aliphatic heterocycles. The van der Waals surface area contributed by atoms with E-state index in [1.807, 2.05) is 0 Å². The molecule has 1 aromatic rings. The normalized spacial score (nSPS) is 14.5. The Balaban J connectivity index is 2.60. The fraction of sp³-hybridized carbons (Fsp3) is 0.182. The molecule has 1 aliphatic rings. The number of halogens is 1. The van der Waals surface area contributed by atoms with Gasteiger partial charge in [0.1, 0.15) is 11.5 Å². The van der Waals surface area contributed by atoms with E-state index in [9.17, 15) is 9.90 Å². The smallest absolute Gasteiger partial charge is 0.163 e. The third-order valence-electron chi connectivity index (χ3n) is 2.32. The van der Waals surface area contributed by atoms with Gasteiger partial charge in [0.05, 0.1) is 11.6 Å². The van der Waals surface area contributed by atoms with Crippen molar-refractivity contribution < 1.29 is 14.6 Å². The minimum absolute atomic E-state index is 0.0182. The SMILES string of the molecule is COc1cc2c(cc1Br)C(O)=CC(=O)C2. The summed E-state index contributed by atoms with van der Waals surface area (Å²) in [5.41, 5.74) is 1.47. The van der Waals surface area contributed by atoms with Gasteiger partial charge >= 0.3 is 0 Å². The summed E-state index contributed by atoms with van der Waals surface area (Å²) in [6.45, 7) is 0. The molecule has 0 unspecified atom stereocenters. The van der Waals surface area contributed by atoms with E-state index in [0.717, 1.165) is 10.0 Å². The number of allylic oxidation sites excluding steroid dienone is 1. The first-order chi connectivity index (χ1) is 7.11. The largest absolute Gasteiger partial charge is 0.507 e. The number of carbonyl (C=O) groups excluding carboxylic acids is 1. The lowest BCUT2D eigenvalue weighted by Crippen LogP contribution is -2.09. The van der Waals surface area contributed by atoms with E-state index >= 15 is 0 Å². The van der Waals surface area contributed by atoms with Crippen LogP contribution in [-0.4, -0.2) is 18.0 Å². The Hall–Kier alpha value is -1.29. The van der Waals surface area contributed by atoms with E-state index in [-0.39, 0.29) is 11.5 Å². The number of aliphatic hydroxyl groups is 1. The van der Waals surface area contributed by atoms with Gasteiger partial charge in [0, 0.05) is 18.1 Å². The van der Waals surface area contributed by atoms with Crippen molar-refractivity contribution in [1.82, 2.24) is 0 Å². The molecule has 0 aromatic heterocycles. The van der Waals surface area contributed by atoms with Crippen molar-refractivity contribution in [2.75, 3.05) is 7.11 Å². The van der Waals surface area contributed by atoms with Gasteiger partial charge < -0.3 is 9.84 Å². The summed E-state index contributed by atoms with van der Waals surface area (Å²) in [7, 11) is 1.56. The average molecular weight is 269 g/mol. The molecule has 0 atom stereocenters. The number of aliphatic hydroxyl groups excluding tert-OH is 1. The van der Waals surface area contributed by atoms with Crippen LogP contribution in [0.5, 0.6) is 5.75 Å². The van der Waals surface area contributed by atoms with E-state index < -0.39 is 0 Å². The van der Waals surface area contributed by atoms with Crippen LogP contribution in [0.1, 0.15) is 11.1 Å². The van der Waals surface area contributed by atoms with Crippen molar-refractivity contribution in [3.63, 3.8) is 0 Å². The molecule has 1 N–H and O–H groups in total. The van der Waals surface area contributed by atoms with Gasteiger partial charge in [0.25, 0.3) is 0 Å². The zero-order valence-corrected chi connectivity index (χ0v) is 9.67. The van der Waals surface area contributed by atoms with Crippen LogP contribution in [0.15, 0.2) is 22.7 Å². The highest BCUT2D eigenvalue weighted by molar-refractivity contribution is 9.10. The van der Waals surface area contributed by atoms with Crippen molar-refractivity contribution in [1.29, 1.82) is 0 Å². The number of benzene rings is 1. The molecule has 1 aromatic carbocycles. The quantitative estimate of drug-likeness (QED) is 0.851. The van der Waals surface area contributed by atoms with E-state index in [4.69, 9.17) is 4.74 Å². The lowest BCUT2D eigenvalue weighted by atomic mass is 9.95. The molecular weight excluding hydrogens is 260 g/mol. The zero-order valence-electron chi connectivity index (χ0n) is 8.08. The van der Waals surface area contributed by atoms with Crippen LogP contribution in [0.25, 0.3) is 5.76 Å². The van der Waals surface area contributed by atoms with Crippen LogP contribution in [0.3, 0.4) is 0 Å². The van der Waals surface area contributed by atoms with E-state index in [0.29, 0.717) is 17.7 Å². The molecule has 3 nitrogen and oxygen atoms in total. The Bertz CT molecular complexity index is 463. The van der Waals surface area contributed by atoms with Crippen LogP contribution in [0, 0.1) is 0 Å². The first kappa shape index (κ1) is 10.2. The number of fused-ring (bicyclic) bond motifs is 1. The number of ketones is 1. The summed E-state index contributed by atoms with van der Waals surface area (Å²) in [6, 6.07) is 3.52. The third kappa shape index (κ3) is 1.77. The van der Waals surface area contributed by atoms with Gasteiger partial charge in [-0.05, 0) is 33.6 Å². The highest BCUT2D eigenvalue weighted by Gasteiger charge is 2.19. The monoisotopic (exact) mass is 268 g/mol. The van der Waals surface area contributed by atoms with Crippen molar-refractivity contribution >= 4 is 27.5 Å². The zero-order chi connectivity index (χ0) is 11.0. The maximum atomic E-state index is 11.2. The predicted molar refractivity (Wildman–Crippen MR) is 60.0 cm³/mol. The van der Waals surface area contributed by atoms with Crippen LogP contribution in [0.4, 0.5) is 0 Å². The van der Waals surface area contributed by atoms with Crippen LogP contribution < -0.4 is 4.74 Å². The number of methoxy groups -OCH3 is 1. The Kier molecular flexibility index (Phi) is 2.52.